The monoisotopic (exact) mass is 490 g/mol. The zero-order valence-electron chi connectivity index (χ0n) is 20.2. The van der Waals surface area contributed by atoms with Gasteiger partial charge in [-0.2, -0.15) is 5.10 Å². The van der Waals surface area contributed by atoms with Gasteiger partial charge in [-0.05, 0) is 54.3 Å². The number of hydrogen-bond acceptors (Lipinski definition) is 4. The molecule has 0 saturated carbocycles. The fraction of sp³-hybridized carbons (Fsp3) is 0.259. The smallest absolute Gasteiger partial charge is 0.333 e. The Hall–Kier alpha value is -4.27. The Labute approximate surface area is 207 Å². The van der Waals surface area contributed by atoms with E-state index in [-0.39, 0.29) is 23.8 Å². The molecular weight excluding hydrogens is 463 g/mol. The van der Waals surface area contributed by atoms with Gasteiger partial charge < -0.3 is 10.8 Å². The van der Waals surface area contributed by atoms with E-state index in [9.17, 15) is 23.9 Å². The number of benzene rings is 2. The lowest BCUT2D eigenvalue weighted by Crippen LogP contribution is -2.35. The molecule has 4 rings (SSSR count). The number of amides is 2. The second-order valence-electron chi connectivity index (χ2n) is 9.30. The lowest BCUT2D eigenvalue weighted by molar-refractivity contribution is -0.133. The number of carboxylic acids is 1. The van der Waals surface area contributed by atoms with E-state index >= 15 is 0 Å². The molecule has 2 heterocycles. The van der Waals surface area contributed by atoms with E-state index in [1.54, 1.807) is 36.0 Å². The molecule has 36 heavy (non-hydrogen) atoms. The van der Waals surface area contributed by atoms with Gasteiger partial charge in [-0.15, -0.1) is 0 Å². The van der Waals surface area contributed by atoms with Crippen LogP contribution >= 0.6 is 0 Å². The van der Waals surface area contributed by atoms with E-state index < -0.39 is 23.6 Å². The fourth-order valence-electron chi connectivity index (χ4n) is 4.50. The molecule has 186 valence electrons. The van der Waals surface area contributed by atoms with Gasteiger partial charge in [0.05, 0.1) is 17.0 Å². The number of aryl methyl sites for hydroxylation is 1. The number of primary amides is 1. The van der Waals surface area contributed by atoms with Crippen LogP contribution in [0.15, 0.2) is 60.4 Å². The Kier molecular flexibility index (Phi) is 6.74. The molecule has 1 atom stereocenters. The predicted octanol–water partition coefficient (Wildman–Crippen LogP) is 4.24. The van der Waals surface area contributed by atoms with Crippen LogP contribution in [0.3, 0.4) is 0 Å². The first-order valence-electron chi connectivity index (χ1n) is 11.6. The Balaban J connectivity index is 1.89. The van der Waals surface area contributed by atoms with Crippen molar-refractivity contribution in [2.45, 2.75) is 39.7 Å². The van der Waals surface area contributed by atoms with E-state index in [2.05, 4.69) is 5.10 Å². The second kappa shape index (κ2) is 9.77. The van der Waals surface area contributed by atoms with Crippen molar-refractivity contribution in [3.63, 3.8) is 0 Å². The van der Waals surface area contributed by atoms with Gasteiger partial charge in [-0.3, -0.25) is 19.2 Å². The van der Waals surface area contributed by atoms with Crippen LogP contribution in [0.5, 0.6) is 0 Å². The summed E-state index contributed by atoms with van der Waals surface area (Å²) in [4.78, 5) is 39.1. The van der Waals surface area contributed by atoms with Crippen LogP contribution in [0.2, 0.25) is 0 Å². The van der Waals surface area contributed by atoms with E-state index in [0.717, 1.165) is 0 Å². The predicted molar refractivity (Wildman–Crippen MR) is 133 cm³/mol. The van der Waals surface area contributed by atoms with Crippen LogP contribution in [0.25, 0.3) is 11.3 Å². The minimum atomic E-state index is -1.18. The maximum absolute atomic E-state index is 13.4. The van der Waals surface area contributed by atoms with E-state index in [0.29, 0.717) is 40.2 Å². The van der Waals surface area contributed by atoms with Gasteiger partial charge in [0, 0.05) is 42.4 Å². The van der Waals surface area contributed by atoms with Gasteiger partial charge in [0.25, 0.3) is 0 Å². The first kappa shape index (κ1) is 24.8. The lowest BCUT2D eigenvalue weighted by Gasteiger charge is -2.31. The molecule has 0 spiro atoms. The summed E-state index contributed by atoms with van der Waals surface area (Å²) in [7, 11) is 0. The average Bonchev–Trinajstić information content (AvgIpc) is 3.26. The zero-order valence-corrected chi connectivity index (χ0v) is 20.2. The molecule has 0 aliphatic carbocycles. The summed E-state index contributed by atoms with van der Waals surface area (Å²) >= 11 is 0. The van der Waals surface area contributed by atoms with Crippen molar-refractivity contribution >= 4 is 23.5 Å². The Morgan fingerprint density at radius 1 is 1.19 bits per heavy atom. The first-order valence-corrected chi connectivity index (χ1v) is 11.6. The third-order valence-electron chi connectivity index (χ3n) is 6.21. The van der Waals surface area contributed by atoms with Crippen LogP contribution in [0.1, 0.15) is 47.7 Å². The highest BCUT2D eigenvalue weighted by Crippen LogP contribution is 2.40. The van der Waals surface area contributed by atoms with Crippen LogP contribution in [-0.4, -0.2) is 32.7 Å². The van der Waals surface area contributed by atoms with Crippen molar-refractivity contribution in [2.75, 3.05) is 4.90 Å². The summed E-state index contributed by atoms with van der Waals surface area (Å²) in [5.74, 6) is -3.03. The van der Waals surface area contributed by atoms with Gasteiger partial charge in [0.1, 0.15) is 5.82 Å². The highest BCUT2D eigenvalue weighted by Gasteiger charge is 2.34. The number of aliphatic carboxylic acids is 1. The summed E-state index contributed by atoms with van der Waals surface area (Å²) in [5, 5.41) is 14.4. The van der Waals surface area contributed by atoms with Crippen LogP contribution < -0.4 is 10.6 Å². The molecule has 2 amide bonds. The second-order valence-corrected chi connectivity index (χ2v) is 9.30. The minimum absolute atomic E-state index is 0.000484. The van der Waals surface area contributed by atoms with Crippen molar-refractivity contribution in [3.8, 4) is 11.3 Å². The molecule has 9 heteroatoms. The molecule has 2 aromatic carbocycles. The quantitative estimate of drug-likeness (QED) is 0.514. The van der Waals surface area contributed by atoms with Crippen molar-refractivity contribution in [3.05, 3.63) is 82.9 Å². The first-order chi connectivity index (χ1) is 17.1. The van der Waals surface area contributed by atoms with Crippen molar-refractivity contribution in [2.24, 2.45) is 11.7 Å². The maximum Gasteiger partial charge on any atom is 0.333 e. The van der Waals surface area contributed by atoms with Gasteiger partial charge in [-0.25, -0.2) is 9.18 Å². The number of nitrogens with two attached hydrogens (primary N) is 1. The number of carbonyl (C=O) groups excluding carboxylic acids is 2. The highest BCUT2D eigenvalue weighted by atomic mass is 19.1. The average molecular weight is 491 g/mol. The normalized spacial score (nSPS) is 15.8. The number of rotatable bonds is 7. The molecule has 8 nitrogen and oxygen atoms in total. The molecule has 1 aromatic heterocycles. The fourth-order valence-corrected chi connectivity index (χ4v) is 4.50. The number of carboxylic acid groups (broad SMARTS) is 1. The number of hydrogen-bond donors (Lipinski definition) is 2. The molecule has 1 aliphatic heterocycles. The van der Waals surface area contributed by atoms with Crippen molar-refractivity contribution in [1.29, 1.82) is 0 Å². The number of carbonyl (C=O) groups is 3. The van der Waals surface area contributed by atoms with Gasteiger partial charge >= 0.3 is 5.97 Å². The molecule has 0 radical (unpaired) electrons. The Bertz CT molecular complexity index is 1370. The van der Waals surface area contributed by atoms with Crippen molar-refractivity contribution in [1.82, 2.24) is 9.78 Å². The summed E-state index contributed by atoms with van der Waals surface area (Å²) in [6.07, 6.45) is 2.82. The number of nitrogens with zero attached hydrogens (tertiary/aromatic N) is 3. The minimum Gasteiger partial charge on any atom is -0.478 e. The summed E-state index contributed by atoms with van der Waals surface area (Å²) in [6.45, 7) is 6.39. The zero-order chi connectivity index (χ0) is 26.1. The molecule has 3 aromatic rings. The number of anilines is 1. The summed E-state index contributed by atoms with van der Waals surface area (Å²) < 4.78 is 15.2. The van der Waals surface area contributed by atoms with Gasteiger partial charge in [0.15, 0.2) is 0 Å². The highest BCUT2D eigenvalue weighted by molar-refractivity contribution is 6.06. The topological polar surface area (TPSA) is 119 Å². The molecule has 0 saturated heterocycles. The Morgan fingerprint density at radius 3 is 2.50 bits per heavy atom. The van der Waals surface area contributed by atoms with E-state index in [4.69, 9.17) is 5.73 Å². The van der Waals surface area contributed by atoms with E-state index in [1.165, 1.54) is 35.4 Å². The third-order valence-corrected chi connectivity index (χ3v) is 6.21. The SMILES string of the molecule is Cc1cc(N2C=C(C(=O)O)[C@H](c3ccc(F)cc3)CC2=O)c(-c2ccnn2CC(C)C)cc1C(N)=O. The molecular formula is C27H27FN4O4. The maximum atomic E-state index is 13.4. The number of aromatic nitrogens is 2. The summed E-state index contributed by atoms with van der Waals surface area (Å²) in [6, 6.07) is 10.5. The molecule has 0 unspecified atom stereocenters. The van der Waals surface area contributed by atoms with Crippen LogP contribution in [0, 0.1) is 18.7 Å². The van der Waals surface area contributed by atoms with Crippen molar-refractivity contribution < 1.29 is 23.9 Å². The number of halogens is 1. The Morgan fingerprint density at radius 2 is 1.89 bits per heavy atom. The largest absolute Gasteiger partial charge is 0.478 e. The molecule has 0 fully saturated rings. The van der Waals surface area contributed by atoms with Crippen LogP contribution in [0.4, 0.5) is 10.1 Å². The van der Waals surface area contributed by atoms with Crippen LogP contribution in [-0.2, 0) is 16.1 Å². The molecule has 0 bridgehead atoms. The van der Waals surface area contributed by atoms with Gasteiger partial charge in [0.2, 0.25) is 11.8 Å². The van der Waals surface area contributed by atoms with E-state index in [1.807, 2.05) is 13.8 Å². The standard InChI is InChI=1S/C27H27FN4O4/c1-15(2)13-32-23(8-9-30-32)21-11-19(26(29)34)16(3)10-24(21)31-14-22(27(35)36)20(12-25(31)33)17-4-6-18(28)7-5-17/h4-11,14-15,20H,12-13H2,1-3H3,(H2,29,34)(H,35,36)/t20-/m0/s1. The third kappa shape index (κ3) is 4.77. The van der Waals surface area contributed by atoms with Gasteiger partial charge in [-0.1, -0.05) is 26.0 Å². The molecule has 1 aliphatic rings. The lowest BCUT2D eigenvalue weighted by atomic mass is 9.85. The summed E-state index contributed by atoms with van der Waals surface area (Å²) in [5.41, 5.74) is 8.60. The molecule has 3 N–H and O–H groups in total.